The van der Waals surface area contributed by atoms with Crippen molar-refractivity contribution < 1.29 is 0 Å². The average Bonchev–Trinajstić information content (AvgIpc) is 2.58. The maximum atomic E-state index is 6.02. The van der Waals surface area contributed by atoms with E-state index in [-0.39, 0.29) is 0 Å². The summed E-state index contributed by atoms with van der Waals surface area (Å²) in [5.74, 6) is 1.53. The monoisotopic (exact) mass is 236 g/mol. The summed E-state index contributed by atoms with van der Waals surface area (Å²) in [7, 11) is 3.73. The number of anilines is 1. The molecule has 1 N–H and O–H groups in total. The van der Waals surface area contributed by atoms with Crippen molar-refractivity contribution in [3.63, 3.8) is 0 Å². The molecule has 2 aromatic rings. The Morgan fingerprint density at radius 2 is 2.00 bits per heavy atom. The number of benzene rings is 1. The first-order valence-corrected chi connectivity index (χ1v) is 5.34. The van der Waals surface area contributed by atoms with Gasteiger partial charge in [0.1, 0.15) is 0 Å². The van der Waals surface area contributed by atoms with E-state index in [9.17, 15) is 0 Å². The molecule has 1 aromatic heterocycles. The lowest BCUT2D eigenvalue weighted by Crippen LogP contribution is -1.99. The standard InChI is InChI=1S/C11H13ClN4/c1-7-4-8(6-9(12)5-7)10-14-15-11(13-2)16(10)3/h4-6H,1-3H3,(H,13,15). The third kappa shape index (κ3) is 1.88. The summed E-state index contributed by atoms with van der Waals surface area (Å²) in [6.45, 7) is 2.00. The van der Waals surface area contributed by atoms with Crippen molar-refractivity contribution in [3.8, 4) is 11.4 Å². The molecule has 0 amide bonds. The number of aromatic nitrogens is 3. The molecule has 0 aliphatic heterocycles. The molecule has 4 nitrogen and oxygen atoms in total. The van der Waals surface area contributed by atoms with Gasteiger partial charge in [-0.25, -0.2) is 0 Å². The van der Waals surface area contributed by atoms with Crippen LogP contribution >= 0.6 is 11.6 Å². The highest BCUT2D eigenvalue weighted by Crippen LogP contribution is 2.24. The molecule has 0 bridgehead atoms. The Balaban J connectivity index is 2.54. The Labute approximate surface area is 99.3 Å². The fourth-order valence-electron chi connectivity index (χ4n) is 1.66. The number of hydrogen-bond acceptors (Lipinski definition) is 3. The van der Waals surface area contributed by atoms with Crippen LogP contribution in [0.3, 0.4) is 0 Å². The first-order valence-electron chi connectivity index (χ1n) is 4.96. The van der Waals surface area contributed by atoms with Gasteiger partial charge in [0.2, 0.25) is 5.95 Å². The molecule has 2 rings (SSSR count). The SMILES string of the molecule is CNc1nnc(-c2cc(C)cc(Cl)c2)n1C. The Hall–Kier alpha value is -1.55. The van der Waals surface area contributed by atoms with E-state index in [4.69, 9.17) is 11.6 Å². The van der Waals surface area contributed by atoms with Crippen molar-refractivity contribution in [2.45, 2.75) is 6.92 Å². The number of hydrogen-bond donors (Lipinski definition) is 1. The summed E-state index contributed by atoms with van der Waals surface area (Å²) in [5.41, 5.74) is 2.08. The molecule has 0 atom stereocenters. The van der Waals surface area contributed by atoms with Crippen LogP contribution < -0.4 is 5.32 Å². The minimum atomic E-state index is 0.712. The lowest BCUT2D eigenvalue weighted by molar-refractivity contribution is 0.925. The molecule has 0 fully saturated rings. The summed E-state index contributed by atoms with van der Waals surface area (Å²) < 4.78 is 1.89. The van der Waals surface area contributed by atoms with Crippen LogP contribution in [0.15, 0.2) is 18.2 Å². The maximum absolute atomic E-state index is 6.02. The Kier molecular flexibility index (Phi) is 2.83. The Bertz CT molecular complexity index is 498. The number of aryl methyl sites for hydroxylation is 1. The molecule has 1 aromatic carbocycles. The van der Waals surface area contributed by atoms with Crippen LogP contribution in [0.2, 0.25) is 5.02 Å². The number of halogens is 1. The third-order valence-electron chi connectivity index (χ3n) is 2.40. The van der Waals surface area contributed by atoms with E-state index < -0.39 is 0 Å². The predicted octanol–water partition coefficient (Wildman–Crippen LogP) is 2.49. The highest BCUT2D eigenvalue weighted by Gasteiger charge is 2.10. The van der Waals surface area contributed by atoms with E-state index in [2.05, 4.69) is 15.5 Å². The zero-order valence-corrected chi connectivity index (χ0v) is 10.2. The van der Waals surface area contributed by atoms with Crippen molar-refractivity contribution in [3.05, 3.63) is 28.8 Å². The second kappa shape index (κ2) is 4.14. The molecular weight excluding hydrogens is 224 g/mol. The molecule has 0 aliphatic rings. The van der Waals surface area contributed by atoms with Gasteiger partial charge in [-0.1, -0.05) is 11.6 Å². The van der Waals surface area contributed by atoms with Crippen LogP contribution in [-0.2, 0) is 7.05 Å². The lowest BCUT2D eigenvalue weighted by atomic mass is 10.1. The molecule has 1 heterocycles. The van der Waals surface area contributed by atoms with Crippen molar-refractivity contribution in [2.75, 3.05) is 12.4 Å². The summed E-state index contributed by atoms with van der Waals surface area (Å²) in [6.07, 6.45) is 0. The first-order chi connectivity index (χ1) is 7.61. The average molecular weight is 237 g/mol. The zero-order chi connectivity index (χ0) is 11.7. The van der Waals surface area contributed by atoms with E-state index in [1.165, 1.54) is 0 Å². The van der Waals surface area contributed by atoms with Gasteiger partial charge in [-0.2, -0.15) is 0 Å². The topological polar surface area (TPSA) is 42.7 Å². The smallest absolute Gasteiger partial charge is 0.224 e. The summed E-state index contributed by atoms with van der Waals surface area (Å²) in [5, 5.41) is 11.8. The van der Waals surface area contributed by atoms with Gasteiger partial charge in [0.05, 0.1) is 0 Å². The van der Waals surface area contributed by atoms with Crippen LogP contribution in [0.5, 0.6) is 0 Å². The summed E-state index contributed by atoms with van der Waals surface area (Å²) >= 11 is 6.02. The minimum Gasteiger partial charge on any atom is -0.357 e. The van der Waals surface area contributed by atoms with E-state index in [0.717, 1.165) is 22.9 Å². The number of nitrogens with zero attached hydrogens (tertiary/aromatic N) is 3. The highest BCUT2D eigenvalue weighted by molar-refractivity contribution is 6.30. The zero-order valence-electron chi connectivity index (χ0n) is 9.45. The van der Waals surface area contributed by atoms with Gasteiger partial charge < -0.3 is 5.32 Å². The molecule has 0 unspecified atom stereocenters. The molecule has 84 valence electrons. The lowest BCUT2D eigenvalue weighted by Gasteiger charge is -2.04. The molecule has 16 heavy (non-hydrogen) atoms. The normalized spacial score (nSPS) is 10.5. The van der Waals surface area contributed by atoms with Crippen LogP contribution in [0.1, 0.15) is 5.56 Å². The second-order valence-electron chi connectivity index (χ2n) is 3.67. The maximum Gasteiger partial charge on any atom is 0.224 e. The van der Waals surface area contributed by atoms with E-state index in [0.29, 0.717) is 5.02 Å². The van der Waals surface area contributed by atoms with Crippen molar-refractivity contribution in [2.24, 2.45) is 7.05 Å². The highest BCUT2D eigenvalue weighted by atomic mass is 35.5. The van der Waals surface area contributed by atoms with E-state index in [1.807, 2.05) is 43.8 Å². The quantitative estimate of drug-likeness (QED) is 0.871. The van der Waals surface area contributed by atoms with Crippen LogP contribution in [0.25, 0.3) is 11.4 Å². The molecule has 0 radical (unpaired) electrons. The van der Waals surface area contributed by atoms with Gasteiger partial charge in [-0.05, 0) is 30.7 Å². The van der Waals surface area contributed by atoms with Crippen molar-refractivity contribution in [1.82, 2.24) is 14.8 Å². The van der Waals surface area contributed by atoms with Crippen LogP contribution in [-0.4, -0.2) is 21.8 Å². The molecular formula is C11H13ClN4. The van der Waals surface area contributed by atoms with E-state index >= 15 is 0 Å². The van der Waals surface area contributed by atoms with Gasteiger partial charge in [-0.3, -0.25) is 4.57 Å². The third-order valence-corrected chi connectivity index (χ3v) is 2.62. The number of rotatable bonds is 2. The number of nitrogens with one attached hydrogen (secondary N) is 1. The minimum absolute atomic E-state index is 0.712. The predicted molar refractivity (Wildman–Crippen MR) is 65.7 cm³/mol. The molecule has 0 spiro atoms. The van der Waals surface area contributed by atoms with Crippen molar-refractivity contribution in [1.29, 1.82) is 0 Å². The first kappa shape index (κ1) is 11.0. The molecule has 5 heteroatoms. The fraction of sp³-hybridized carbons (Fsp3) is 0.273. The van der Waals surface area contributed by atoms with Gasteiger partial charge in [0.25, 0.3) is 0 Å². The van der Waals surface area contributed by atoms with Crippen LogP contribution in [0.4, 0.5) is 5.95 Å². The van der Waals surface area contributed by atoms with Crippen molar-refractivity contribution >= 4 is 17.5 Å². The summed E-state index contributed by atoms with van der Waals surface area (Å²) in [6, 6.07) is 5.84. The molecule has 0 aliphatic carbocycles. The van der Waals surface area contributed by atoms with E-state index in [1.54, 1.807) is 0 Å². The second-order valence-corrected chi connectivity index (χ2v) is 4.11. The Morgan fingerprint density at radius 3 is 2.56 bits per heavy atom. The van der Waals surface area contributed by atoms with Gasteiger partial charge in [0, 0.05) is 24.7 Å². The van der Waals surface area contributed by atoms with Gasteiger partial charge >= 0.3 is 0 Å². The Morgan fingerprint density at radius 1 is 1.25 bits per heavy atom. The summed E-state index contributed by atoms with van der Waals surface area (Å²) in [4.78, 5) is 0. The van der Waals surface area contributed by atoms with Gasteiger partial charge in [0.15, 0.2) is 5.82 Å². The molecule has 0 saturated carbocycles. The van der Waals surface area contributed by atoms with Gasteiger partial charge in [-0.15, -0.1) is 10.2 Å². The fourth-order valence-corrected chi connectivity index (χ4v) is 1.95. The molecule has 0 saturated heterocycles. The largest absolute Gasteiger partial charge is 0.357 e. The van der Waals surface area contributed by atoms with Crippen LogP contribution in [0, 0.1) is 6.92 Å².